The molecular formula is C39H35NO5. The van der Waals surface area contributed by atoms with Crippen molar-refractivity contribution in [2.45, 2.75) is 39.4 Å². The fourth-order valence-electron chi connectivity index (χ4n) is 4.87. The first-order valence-corrected chi connectivity index (χ1v) is 14.8. The Morgan fingerprint density at radius 2 is 1.36 bits per heavy atom. The van der Waals surface area contributed by atoms with Gasteiger partial charge in [-0.15, -0.1) is 0 Å². The smallest absolute Gasteiger partial charge is 0.331 e. The summed E-state index contributed by atoms with van der Waals surface area (Å²) in [6, 6.07) is 30.6. The molecule has 0 atom stereocenters. The van der Waals surface area contributed by atoms with Crippen molar-refractivity contribution in [1.82, 2.24) is 4.90 Å². The molecule has 0 aliphatic carbocycles. The number of ether oxygens (including phenoxy) is 2. The summed E-state index contributed by atoms with van der Waals surface area (Å²) in [6.45, 7) is 5.93. The average Bonchev–Trinajstić information content (AvgIpc) is 3.27. The highest BCUT2D eigenvalue weighted by Gasteiger charge is 2.33. The Bertz CT molecular complexity index is 1760. The van der Waals surface area contributed by atoms with Gasteiger partial charge >= 0.3 is 5.97 Å². The van der Waals surface area contributed by atoms with Crippen LogP contribution >= 0.6 is 0 Å². The molecule has 4 aromatic rings. The zero-order valence-corrected chi connectivity index (χ0v) is 25.6. The van der Waals surface area contributed by atoms with Gasteiger partial charge in [0.05, 0.1) is 11.1 Å². The Balaban J connectivity index is 1.36. The monoisotopic (exact) mass is 597 g/mol. The lowest BCUT2D eigenvalue weighted by Gasteiger charge is -2.17. The van der Waals surface area contributed by atoms with Crippen LogP contribution in [0.3, 0.4) is 0 Å². The Labute approximate surface area is 263 Å². The van der Waals surface area contributed by atoms with Gasteiger partial charge in [0.15, 0.2) is 0 Å². The fourth-order valence-corrected chi connectivity index (χ4v) is 4.87. The number of hydrogen-bond acceptors (Lipinski definition) is 5. The van der Waals surface area contributed by atoms with E-state index in [1.807, 2.05) is 99.6 Å². The van der Waals surface area contributed by atoms with Crippen LogP contribution in [0.5, 0.6) is 5.75 Å². The first-order valence-electron chi connectivity index (χ1n) is 14.8. The van der Waals surface area contributed by atoms with Crippen LogP contribution in [0.2, 0.25) is 0 Å². The number of carbonyl (C=O) groups excluding carboxylic acids is 3. The van der Waals surface area contributed by atoms with Gasteiger partial charge in [0.25, 0.3) is 11.8 Å². The highest BCUT2D eigenvalue weighted by Crippen LogP contribution is 2.25. The Morgan fingerprint density at radius 1 is 0.733 bits per heavy atom. The van der Waals surface area contributed by atoms with Crippen LogP contribution in [0.15, 0.2) is 115 Å². The van der Waals surface area contributed by atoms with E-state index in [1.54, 1.807) is 36.4 Å². The summed E-state index contributed by atoms with van der Waals surface area (Å²) in [7, 11) is 0. The third kappa shape index (κ3) is 8.33. The molecule has 0 fully saturated rings. The van der Waals surface area contributed by atoms with Crippen LogP contribution in [-0.4, -0.2) is 28.3 Å². The Morgan fingerprint density at radius 3 is 2.04 bits per heavy atom. The SMILES string of the molecule is CC(C)(C)OC(=O)C=Cc1cc(C=CN2C(=O)c3ccccc3C2=O)cc(CC=Cc2ccccc2OCc2ccccc2)c1. The minimum absolute atomic E-state index is 0.357. The summed E-state index contributed by atoms with van der Waals surface area (Å²) < 4.78 is 11.5. The van der Waals surface area contributed by atoms with Crippen molar-refractivity contribution in [2.24, 2.45) is 0 Å². The summed E-state index contributed by atoms with van der Waals surface area (Å²) in [5, 5.41) is 0. The van der Waals surface area contributed by atoms with Gasteiger partial charge in [-0.1, -0.05) is 84.9 Å². The van der Waals surface area contributed by atoms with Crippen LogP contribution in [0.4, 0.5) is 0 Å². The first kappa shape index (κ1) is 31.0. The van der Waals surface area contributed by atoms with E-state index < -0.39 is 11.6 Å². The molecule has 45 heavy (non-hydrogen) atoms. The molecule has 5 rings (SSSR count). The maximum atomic E-state index is 12.9. The molecule has 0 unspecified atom stereocenters. The number of nitrogens with zero attached hydrogens (tertiary/aromatic N) is 1. The molecule has 0 saturated carbocycles. The number of carbonyl (C=O) groups is 3. The van der Waals surface area contributed by atoms with Crippen molar-refractivity contribution in [1.29, 1.82) is 0 Å². The van der Waals surface area contributed by atoms with Crippen molar-refractivity contribution >= 4 is 36.0 Å². The molecular weight excluding hydrogens is 562 g/mol. The van der Waals surface area contributed by atoms with Crippen LogP contribution in [0, 0.1) is 0 Å². The predicted octanol–water partition coefficient (Wildman–Crippen LogP) is 8.14. The number of esters is 1. The van der Waals surface area contributed by atoms with Crippen molar-refractivity contribution in [3.8, 4) is 5.75 Å². The maximum Gasteiger partial charge on any atom is 0.331 e. The molecule has 0 saturated heterocycles. The first-order chi connectivity index (χ1) is 21.7. The topological polar surface area (TPSA) is 72.9 Å². The van der Waals surface area contributed by atoms with Gasteiger partial charge in [0.2, 0.25) is 0 Å². The molecule has 6 nitrogen and oxygen atoms in total. The number of benzene rings is 4. The highest BCUT2D eigenvalue weighted by molar-refractivity contribution is 6.22. The summed E-state index contributed by atoms with van der Waals surface area (Å²) >= 11 is 0. The molecule has 4 aromatic carbocycles. The molecule has 0 radical (unpaired) electrons. The van der Waals surface area contributed by atoms with Crippen molar-refractivity contribution in [3.63, 3.8) is 0 Å². The number of hydrogen-bond donors (Lipinski definition) is 0. The van der Waals surface area contributed by atoms with E-state index in [9.17, 15) is 14.4 Å². The lowest BCUT2D eigenvalue weighted by Crippen LogP contribution is -2.23. The van der Waals surface area contributed by atoms with Crippen LogP contribution < -0.4 is 4.74 Å². The summed E-state index contributed by atoms with van der Waals surface area (Å²) in [5.74, 6) is -0.368. The number of amides is 2. The van der Waals surface area contributed by atoms with Gasteiger partial charge in [-0.3, -0.25) is 9.59 Å². The van der Waals surface area contributed by atoms with Gasteiger partial charge in [-0.05, 0) is 85.9 Å². The standard InChI is InChI=1S/C39H35NO5/c1-39(2,3)45-36(41)21-20-30-24-29(14-11-16-32-15-7-10-19-35(32)44-27-28-12-5-4-6-13-28)25-31(26-30)22-23-40-37(42)33-17-8-9-18-34(33)38(40)43/h4-13,15-26H,14,27H2,1-3H3. The lowest BCUT2D eigenvalue weighted by atomic mass is 10.0. The highest BCUT2D eigenvalue weighted by atomic mass is 16.6. The fraction of sp³-hybridized carbons (Fsp3) is 0.154. The molecule has 0 aromatic heterocycles. The number of para-hydroxylation sites is 1. The van der Waals surface area contributed by atoms with Crippen LogP contribution in [0.1, 0.15) is 69.3 Å². The molecule has 1 aliphatic heterocycles. The summed E-state index contributed by atoms with van der Waals surface area (Å²) in [4.78, 5) is 39.2. The van der Waals surface area contributed by atoms with E-state index in [1.165, 1.54) is 12.3 Å². The molecule has 1 aliphatic rings. The molecule has 0 spiro atoms. The third-order valence-electron chi connectivity index (χ3n) is 6.90. The van der Waals surface area contributed by atoms with Gasteiger partial charge in [0.1, 0.15) is 18.0 Å². The second kappa shape index (κ2) is 13.9. The molecule has 226 valence electrons. The van der Waals surface area contributed by atoms with E-state index in [-0.39, 0.29) is 11.8 Å². The van der Waals surface area contributed by atoms with Crippen molar-refractivity contribution in [2.75, 3.05) is 0 Å². The number of allylic oxidation sites excluding steroid dienone is 1. The van der Waals surface area contributed by atoms with Crippen LogP contribution in [0.25, 0.3) is 18.2 Å². The van der Waals surface area contributed by atoms with Crippen molar-refractivity contribution in [3.05, 3.63) is 154 Å². The molecule has 0 bridgehead atoms. The molecule has 0 N–H and O–H groups in total. The zero-order chi connectivity index (χ0) is 31.8. The summed E-state index contributed by atoms with van der Waals surface area (Å²) in [5.41, 5.74) is 4.75. The lowest BCUT2D eigenvalue weighted by molar-refractivity contribution is -0.148. The normalized spacial score (nSPS) is 13.3. The molecule has 1 heterocycles. The van der Waals surface area contributed by atoms with Gasteiger partial charge < -0.3 is 9.47 Å². The largest absolute Gasteiger partial charge is 0.488 e. The minimum Gasteiger partial charge on any atom is -0.488 e. The van der Waals surface area contributed by atoms with Gasteiger partial charge in [-0.25, -0.2) is 9.69 Å². The van der Waals surface area contributed by atoms with Crippen molar-refractivity contribution < 1.29 is 23.9 Å². The second-order valence-corrected chi connectivity index (χ2v) is 11.6. The maximum absolute atomic E-state index is 12.9. The van der Waals surface area contributed by atoms with E-state index in [4.69, 9.17) is 9.47 Å². The quantitative estimate of drug-likeness (QED) is 0.105. The van der Waals surface area contributed by atoms with Crippen LogP contribution in [-0.2, 0) is 22.6 Å². The predicted molar refractivity (Wildman–Crippen MR) is 177 cm³/mol. The number of fused-ring (bicyclic) bond motifs is 1. The third-order valence-corrected chi connectivity index (χ3v) is 6.90. The number of rotatable bonds is 10. The minimum atomic E-state index is -0.602. The zero-order valence-electron chi connectivity index (χ0n) is 25.6. The Kier molecular flexibility index (Phi) is 9.54. The van der Waals surface area contributed by atoms with E-state index >= 15 is 0 Å². The second-order valence-electron chi connectivity index (χ2n) is 11.6. The van der Waals surface area contributed by atoms with E-state index in [0.29, 0.717) is 24.2 Å². The molecule has 6 heteroatoms. The average molecular weight is 598 g/mol. The van der Waals surface area contributed by atoms with Gasteiger partial charge in [0, 0.05) is 17.8 Å². The van der Waals surface area contributed by atoms with E-state index in [0.717, 1.165) is 38.5 Å². The summed E-state index contributed by atoms with van der Waals surface area (Å²) in [6.07, 6.45) is 11.0. The molecule has 2 amide bonds. The van der Waals surface area contributed by atoms with Gasteiger partial charge in [-0.2, -0.15) is 0 Å². The number of imide groups is 1. The Hall–Kier alpha value is -5.49. The van der Waals surface area contributed by atoms with E-state index in [2.05, 4.69) is 6.08 Å².